The van der Waals surface area contributed by atoms with Gasteiger partial charge in [-0.15, -0.1) is 12.4 Å². The fourth-order valence-corrected chi connectivity index (χ4v) is 4.15. The average Bonchev–Trinajstić information content (AvgIpc) is 2.92. The van der Waals surface area contributed by atoms with E-state index in [0.29, 0.717) is 32.5 Å². The Kier molecular flexibility index (Phi) is 5.04. The highest BCUT2D eigenvalue weighted by molar-refractivity contribution is 5.89. The van der Waals surface area contributed by atoms with Gasteiger partial charge in [-0.25, -0.2) is 0 Å². The van der Waals surface area contributed by atoms with E-state index in [1.807, 2.05) is 0 Å². The maximum Gasteiger partial charge on any atom is 0.242 e. The van der Waals surface area contributed by atoms with Crippen LogP contribution >= 0.6 is 12.4 Å². The number of piperidine rings is 2. The molecule has 0 aromatic rings. The van der Waals surface area contributed by atoms with Crippen LogP contribution in [0.3, 0.4) is 0 Å². The molecule has 2 aliphatic heterocycles. The van der Waals surface area contributed by atoms with Crippen molar-refractivity contribution in [3.63, 3.8) is 0 Å². The molecule has 7 heteroatoms. The van der Waals surface area contributed by atoms with Crippen molar-refractivity contribution in [1.82, 2.24) is 10.2 Å². The van der Waals surface area contributed by atoms with Crippen LogP contribution in [0.15, 0.2) is 0 Å². The Morgan fingerprint density at radius 1 is 1.27 bits per heavy atom. The highest BCUT2D eigenvalue weighted by atomic mass is 35.5. The van der Waals surface area contributed by atoms with Gasteiger partial charge in [0.05, 0.1) is 17.1 Å². The van der Waals surface area contributed by atoms with Crippen molar-refractivity contribution in [2.75, 3.05) is 19.6 Å². The first-order chi connectivity index (χ1) is 9.98. The number of rotatable bonds is 1. The van der Waals surface area contributed by atoms with Crippen LogP contribution in [0.4, 0.5) is 0 Å². The highest BCUT2D eigenvalue weighted by Crippen LogP contribution is 2.39. The summed E-state index contributed by atoms with van der Waals surface area (Å²) in [5.41, 5.74) is 4.68. The molecule has 0 bridgehead atoms. The van der Waals surface area contributed by atoms with E-state index >= 15 is 0 Å². The van der Waals surface area contributed by atoms with Gasteiger partial charge in [0.25, 0.3) is 0 Å². The van der Waals surface area contributed by atoms with Gasteiger partial charge >= 0.3 is 0 Å². The largest absolute Gasteiger partial charge is 0.392 e. The third-order valence-electron chi connectivity index (χ3n) is 5.53. The lowest BCUT2D eigenvalue weighted by molar-refractivity contribution is -0.157. The summed E-state index contributed by atoms with van der Waals surface area (Å²) < 4.78 is 0. The predicted octanol–water partition coefficient (Wildman–Crippen LogP) is 0.169. The van der Waals surface area contributed by atoms with Crippen LogP contribution < -0.4 is 11.1 Å². The summed E-state index contributed by atoms with van der Waals surface area (Å²) in [4.78, 5) is 26.8. The van der Waals surface area contributed by atoms with E-state index in [4.69, 9.17) is 5.73 Å². The lowest BCUT2D eigenvalue weighted by Crippen LogP contribution is -2.65. The Labute approximate surface area is 137 Å². The highest BCUT2D eigenvalue weighted by Gasteiger charge is 2.52. The van der Waals surface area contributed by atoms with E-state index in [1.165, 1.54) is 0 Å². The maximum atomic E-state index is 12.7. The number of hydrogen-bond donors (Lipinski definition) is 3. The van der Waals surface area contributed by atoms with Crippen LogP contribution in [-0.4, -0.2) is 53.1 Å². The Hall–Kier alpha value is -0.850. The van der Waals surface area contributed by atoms with Gasteiger partial charge in [-0.3, -0.25) is 9.59 Å². The molecule has 3 fully saturated rings. The van der Waals surface area contributed by atoms with Crippen molar-refractivity contribution in [2.45, 2.75) is 56.6 Å². The van der Waals surface area contributed by atoms with Crippen LogP contribution in [0.5, 0.6) is 0 Å². The zero-order valence-corrected chi connectivity index (χ0v) is 13.7. The lowest BCUT2D eigenvalue weighted by atomic mass is 9.71. The topological polar surface area (TPSA) is 95.7 Å². The summed E-state index contributed by atoms with van der Waals surface area (Å²) in [5, 5.41) is 13.2. The molecular weight excluding hydrogens is 306 g/mol. The Balaban J connectivity index is 0.00000176. The van der Waals surface area contributed by atoms with Crippen molar-refractivity contribution in [2.24, 2.45) is 11.1 Å². The van der Waals surface area contributed by atoms with Crippen LogP contribution in [0.25, 0.3) is 0 Å². The molecule has 0 radical (unpaired) electrons. The molecule has 4 N–H and O–H groups in total. The van der Waals surface area contributed by atoms with E-state index in [-0.39, 0.29) is 24.2 Å². The fraction of sp³-hybridized carbons (Fsp3) is 0.867. The van der Waals surface area contributed by atoms with Crippen LogP contribution in [0.1, 0.15) is 44.9 Å². The first-order valence-electron chi connectivity index (χ1n) is 8.03. The Morgan fingerprint density at radius 2 is 1.95 bits per heavy atom. The minimum atomic E-state index is -0.832. The van der Waals surface area contributed by atoms with E-state index < -0.39 is 17.1 Å². The van der Waals surface area contributed by atoms with Crippen molar-refractivity contribution in [3.8, 4) is 0 Å². The summed E-state index contributed by atoms with van der Waals surface area (Å²) in [7, 11) is 0. The molecule has 1 aliphatic carbocycles. The number of halogens is 1. The zero-order chi connectivity index (χ0) is 15.1. The molecule has 1 spiro atoms. The van der Waals surface area contributed by atoms with Crippen molar-refractivity contribution < 1.29 is 14.7 Å². The molecule has 0 aromatic heterocycles. The molecule has 6 nitrogen and oxygen atoms in total. The molecule has 0 aromatic carbocycles. The standard InChI is InChI=1S/C15H25N3O3.ClH/c16-15(6-1-2-7-15)13(21)18-9-4-11(19)14(10-18)5-3-8-17-12(14)20;/h11,19H,1-10,16H2,(H,17,20);1H/t11-,14-;/m1./s1. The SMILES string of the molecule is Cl.NC1(C(=O)N2CC[C@@H](O)[C@@]3(CCCNC3=O)C2)CCCC1. The van der Waals surface area contributed by atoms with Gasteiger partial charge in [0.15, 0.2) is 0 Å². The van der Waals surface area contributed by atoms with Gasteiger partial charge in [-0.05, 0) is 32.1 Å². The molecular formula is C15H26ClN3O3. The number of nitrogens with two attached hydrogens (primary N) is 1. The van der Waals surface area contributed by atoms with Crippen LogP contribution in [0.2, 0.25) is 0 Å². The van der Waals surface area contributed by atoms with Gasteiger partial charge < -0.3 is 21.1 Å². The first kappa shape index (κ1) is 17.5. The molecule has 2 amide bonds. The van der Waals surface area contributed by atoms with Crippen molar-refractivity contribution in [3.05, 3.63) is 0 Å². The van der Waals surface area contributed by atoms with Crippen molar-refractivity contribution in [1.29, 1.82) is 0 Å². The number of nitrogens with zero attached hydrogens (tertiary/aromatic N) is 1. The number of carbonyl (C=O) groups excluding carboxylic acids is 2. The van der Waals surface area contributed by atoms with E-state index in [2.05, 4.69) is 5.32 Å². The number of aliphatic hydroxyl groups excluding tert-OH is 1. The third-order valence-corrected chi connectivity index (χ3v) is 5.53. The Morgan fingerprint density at radius 3 is 2.59 bits per heavy atom. The smallest absolute Gasteiger partial charge is 0.242 e. The second-order valence-corrected chi connectivity index (χ2v) is 6.91. The molecule has 2 heterocycles. The zero-order valence-electron chi connectivity index (χ0n) is 12.8. The monoisotopic (exact) mass is 331 g/mol. The molecule has 126 valence electrons. The van der Waals surface area contributed by atoms with E-state index in [0.717, 1.165) is 32.1 Å². The molecule has 2 saturated heterocycles. The molecule has 3 rings (SSSR count). The summed E-state index contributed by atoms with van der Waals surface area (Å²) in [6.45, 7) is 1.45. The summed E-state index contributed by atoms with van der Waals surface area (Å²) >= 11 is 0. The lowest BCUT2D eigenvalue weighted by Gasteiger charge is -2.48. The quantitative estimate of drug-likeness (QED) is 0.638. The second kappa shape index (κ2) is 6.34. The van der Waals surface area contributed by atoms with Crippen molar-refractivity contribution >= 4 is 24.2 Å². The molecule has 2 atom stereocenters. The summed E-state index contributed by atoms with van der Waals surface area (Å²) in [6, 6.07) is 0. The number of aliphatic hydroxyl groups is 1. The number of hydrogen-bond acceptors (Lipinski definition) is 4. The van der Waals surface area contributed by atoms with Gasteiger partial charge in [0, 0.05) is 19.6 Å². The van der Waals surface area contributed by atoms with Gasteiger partial charge in [0.2, 0.25) is 11.8 Å². The summed E-state index contributed by atoms with van der Waals surface area (Å²) in [5.74, 6) is -0.152. The number of carbonyl (C=O) groups is 2. The van der Waals surface area contributed by atoms with Crippen LogP contribution in [0, 0.1) is 5.41 Å². The normalized spacial score (nSPS) is 34.2. The molecule has 22 heavy (non-hydrogen) atoms. The van der Waals surface area contributed by atoms with E-state index in [1.54, 1.807) is 4.90 Å². The van der Waals surface area contributed by atoms with Crippen LogP contribution in [-0.2, 0) is 9.59 Å². The average molecular weight is 332 g/mol. The number of amides is 2. The van der Waals surface area contributed by atoms with E-state index in [9.17, 15) is 14.7 Å². The second-order valence-electron chi connectivity index (χ2n) is 6.91. The minimum absolute atomic E-state index is 0. The predicted molar refractivity (Wildman–Crippen MR) is 84.5 cm³/mol. The third kappa shape index (κ3) is 2.72. The van der Waals surface area contributed by atoms with Gasteiger partial charge in [-0.2, -0.15) is 0 Å². The fourth-order valence-electron chi connectivity index (χ4n) is 4.15. The van der Waals surface area contributed by atoms with Gasteiger partial charge in [-0.1, -0.05) is 12.8 Å². The molecule has 3 aliphatic rings. The molecule has 0 unspecified atom stereocenters. The minimum Gasteiger partial charge on any atom is -0.392 e. The van der Waals surface area contributed by atoms with Gasteiger partial charge in [0.1, 0.15) is 0 Å². The number of likely N-dealkylation sites (tertiary alicyclic amines) is 1. The number of nitrogens with one attached hydrogen (secondary N) is 1. The maximum absolute atomic E-state index is 12.7. The summed E-state index contributed by atoms with van der Waals surface area (Å²) in [6.07, 6.45) is 4.71. The molecule has 1 saturated carbocycles. The first-order valence-corrected chi connectivity index (χ1v) is 8.03. The Bertz CT molecular complexity index is 453.